The van der Waals surface area contributed by atoms with Gasteiger partial charge in [0.15, 0.2) is 5.78 Å². The number of carbonyl (C=O) groups is 1. The molecule has 0 amide bonds. The van der Waals surface area contributed by atoms with E-state index in [2.05, 4.69) is 0 Å². The molecule has 3 nitrogen and oxygen atoms in total. The SMILES string of the molecule is Nc1cc(Cl)c(Cl)c(C(=O)c2cc(Cl)cc3c2OCC3)c1. The van der Waals surface area contributed by atoms with Crippen molar-refractivity contribution in [1.29, 1.82) is 0 Å². The van der Waals surface area contributed by atoms with Crippen LogP contribution >= 0.6 is 34.8 Å². The van der Waals surface area contributed by atoms with E-state index in [9.17, 15) is 4.79 Å². The number of benzene rings is 2. The fraction of sp³-hybridized carbons (Fsp3) is 0.133. The maximum atomic E-state index is 12.7. The molecule has 0 bridgehead atoms. The van der Waals surface area contributed by atoms with Gasteiger partial charge in [-0.05, 0) is 29.8 Å². The van der Waals surface area contributed by atoms with E-state index in [0.717, 1.165) is 12.0 Å². The van der Waals surface area contributed by atoms with Crippen LogP contribution in [0.1, 0.15) is 21.5 Å². The lowest BCUT2D eigenvalue weighted by atomic mass is 9.99. The number of hydrogen-bond donors (Lipinski definition) is 1. The van der Waals surface area contributed by atoms with Crippen molar-refractivity contribution in [3.05, 3.63) is 56.0 Å². The van der Waals surface area contributed by atoms with Gasteiger partial charge in [-0.15, -0.1) is 0 Å². The van der Waals surface area contributed by atoms with Crippen molar-refractivity contribution in [3.8, 4) is 5.75 Å². The normalized spacial score (nSPS) is 12.9. The standard InChI is InChI=1S/C15H10Cl3NO2/c16-8-3-7-1-2-21-15(7)11(4-8)14(20)10-5-9(19)6-12(17)13(10)18/h3-6H,1-2,19H2. The third-order valence-corrected chi connectivity index (χ3v) is 4.31. The van der Waals surface area contributed by atoms with Gasteiger partial charge in [0.2, 0.25) is 0 Å². The summed E-state index contributed by atoms with van der Waals surface area (Å²) in [7, 11) is 0. The first-order chi connectivity index (χ1) is 9.97. The van der Waals surface area contributed by atoms with E-state index in [0.29, 0.717) is 28.6 Å². The zero-order chi connectivity index (χ0) is 15.1. The van der Waals surface area contributed by atoms with E-state index in [4.69, 9.17) is 45.3 Å². The van der Waals surface area contributed by atoms with Crippen molar-refractivity contribution in [2.75, 3.05) is 12.3 Å². The van der Waals surface area contributed by atoms with Crippen LogP contribution in [-0.2, 0) is 6.42 Å². The van der Waals surface area contributed by atoms with Gasteiger partial charge in [-0.1, -0.05) is 34.8 Å². The van der Waals surface area contributed by atoms with Crippen LogP contribution in [0.3, 0.4) is 0 Å². The van der Waals surface area contributed by atoms with Gasteiger partial charge in [-0.25, -0.2) is 0 Å². The summed E-state index contributed by atoms with van der Waals surface area (Å²) in [6, 6.07) is 6.37. The quantitative estimate of drug-likeness (QED) is 0.650. The third-order valence-electron chi connectivity index (χ3n) is 3.29. The second-order valence-electron chi connectivity index (χ2n) is 4.73. The Morgan fingerprint density at radius 1 is 1.10 bits per heavy atom. The van der Waals surface area contributed by atoms with Crippen molar-refractivity contribution >= 4 is 46.3 Å². The molecule has 2 N–H and O–H groups in total. The molecule has 0 saturated carbocycles. The van der Waals surface area contributed by atoms with E-state index in [1.807, 2.05) is 0 Å². The Labute approximate surface area is 136 Å². The fourth-order valence-electron chi connectivity index (χ4n) is 2.36. The molecule has 0 aliphatic carbocycles. The van der Waals surface area contributed by atoms with E-state index in [1.54, 1.807) is 12.1 Å². The predicted octanol–water partition coefficient (Wildman–Crippen LogP) is 4.39. The van der Waals surface area contributed by atoms with Gasteiger partial charge < -0.3 is 10.5 Å². The summed E-state index contributed by atoms with van der Waals surface area (Å²) in [6.45, 7) is 0.529. The molecule has 0 atom stereocenters. The van der Waals surface area contributed by atoms with Gasteiger partial charge in [0.1, 0.15) is 5.75 Å². The van der Waals surface area contributed by atoms with Crippen LogP contribution < -0.4 is 10.5 Å². The van der Waals surface area contributed by atoms with Gasteiger partial charge in [0.05, 0.1) is 22.2 Å². The molecular formula is C15H10Cl3NO2. The molecule has 1 aliphatic heterocycles. The van der Waals surface area contributed by atoms with Crippen LogP contribution in [0, 0.1) is 0 Å². The molecule has 2 aromatic carbocycles. The van der Waals surface area contributed by atoms with Gasteiger partial charge >= 0.3 is 0 Å². The first-order valence-corrected chi connectivity index (χ1v) is 7.35. The van der Waals surface area contributed by atoms with Gasteiger partial charge in [-0.2, -0.15) is 0 Å². The Hall–Kier alpha value is -1.42. The second kappa shape index (κ2) is 5.41. The number of fused-ring (bicyclic) bond motifs is 1. The minimum Gasteiger partial charge on any atom is -0.492 e. The maximum absolute atomic E-state index is 12.7. The number of hydrogen-bond acceptors (Lipinski definition) is 3. The predicted molar refractivity (Wildman–Crippen MR) is 85.0 cm³/mol. The summed E-state index contributed by atoms with van der Waals surface area (Å²) in [5, 5.41) is 0.885. The molecule has 1 heterocycles. The highest BCUT2D eigenvalue weighted by atomic mass is 35.5. The van der Waals surface area contributed by atoms with E-state index in [1.165, 1.54) is 12.1 Å². The number of halogens is 3. The highest BCUT2D eigenvalue weighted by molar-refractivity contribution is 6.44. The lowest BCUT2D eigenvalue weighted by Crippen LogP contribution is -2.06. The molecule has 6 heteroatoms. The molecule has 21 heavy (non-hydrogen) atoms. The fourth-order valence-corrected chi connectivity index (χ4v) is 3.02. The molecule has 0 radical (unpaired) electrons. The minimum absolute atomic E-state index is 0.169. The molecule has 108 valence electrons. The molecule has 2 aromatic rings. The molecular weight excluding hydrogens is 333 g/mol. The zero-order valence-corrected chi connectivity index (χ0v) is 13.0. The van der Waals surface area contributed by atoms with Crippen LogP contribution in [-0.4, -0.2) is 12.4 Å². The van der Waals surface area contributed by atoms with Crippen LogP contribution in [0.25, 0.3) is 0 Å². The van der Waals surface area contributed by atoms with Gasteiger partial charge in [-0.3, -0.25) is 4.79 Å². The largest absolute Gasteiger partial charge is 0.492 e. The Morgan fingerprint density at radius 2 is 1.86 bits per heavy atom. The number of rotatable bonds is 2. The summed E-state index contributed by atoms with van der Waals surface area (Å²) in [5.41, 5.74) is 7.63. The second-order valence-corrected chi connectivity index (χ2v) is 5.96. The topological polar surface area (TPSA) is 52.3 Å². The smallest absolute Gasteiger partial charge is 0.198 e. The highest BCUT2D eigenvalue weighted by Crippen LogP contribution is 2.37. The lowest BCUT2D eigenvalue weighted by molar-refractivity contribution is 0.103. The average molecular weight is 343 g/mol. The molecule has 0 fully saturated rings. The number of nitrogen functional groups attached to an aromatic ring is 1. The Morgan fingerprint density at radius 3 is 2.62 bits per heavy atom. The summed E-state index contributed by atoms with van der Waals surface area (Å²) in [5.74, 6) is 0.244. The number of nitrogens with two attached hydrogens (primary N) is 1. The number of ether oxygens (including phenoxy) is 1. The van der Waals surface area contributed by atoms with E-state index >= 15 is 0 Å². The zero-order valence-electron chi connectivity index (χ0n) is 10.8. The Bertz CT molecular complexity index is 759. The highest BCUT2D eigenvalue weighted by Gasteiger charge is 2.25. The summed E-state index contributed by atoms with van der Waals surface area (Å²) in [4.78, 5) is 12.7. The monoisotopic (exact) mass is 341 g/mol. The van der Waals surface area contributed by atoms with Crippen LogP contribution in [0.4, 0.5) is 5.69 Å². The maximum Gasteiger partial charge on any atom is 0.198 e. The third kappa shape index (κ3) is 2.57. The van der Waals surface area contributed by atoms with Crippen LogP contribution in [0.5, 0.6) is 5.75 Å². The number of carbonyl (C=O) groups excluding carboxylic acids is 1. The van der Waals surface area contributed by atoms with Crippen molar-refractivity contribution in [2.45, 2.75) is 6.42 Å². The van der Waals surface area contributed by atoms with Gasteiger partial charge in [0.25, 0.3) is 0 Å². The molecule has 3 rings (SSSR count). The lowest BCUT2D eigenvalue weighted by Gasteiger charge is -2.10. The summed E-state index contributed by atoms with van der Waals surface area (Å²) < 4.78 is 5.54. The van der Waals surface area contributed by atoms with Crippen molar-refractivity contribution in [1.82, 2.24) is 0 Å². The van der Waals surface area contributed by atoms with E-state index < -0.39 is 0 Å². The average Bonchev–Trinajstić information content (AvgIpc) is 2.89. The van der Waals surface area contributed by atoms with E-state index in [-0.39, 0.29) is 21.4 Å². The van der Waals surface area contributed by atoms with Crippen LogP contribution in [0.15, 0.2) is 24.3 Å². The number of ketones is 1. The Balaban J connectivity index is 2.16. The summed E-state index contributed by atoms with van der Waals surface area (Å²) in [6.07, 6.45) is 0.724. The molecule has 0 spiro atoms. The molecule has 1 aliphatic rings. The molecule has 0 unspecified atom stereocenters. The first kappa shape index (κ1) is 14.5. The number of anilines is 1. The van der Waals surface area contributed by atoms with Crippen molar-refractivity contribution in [3.63, 3.8) is 0 Å². The van der Waals surface area contributed by atoms with Crippen LogP contribution in [0.2, 0.25) is 15.1 Å². The van der Waals surface area contributed by atoms with Gasteiger partial charge in [0, 0.05) is 22.7 Å². The summed E-state index contributed by atoms with van der Waals surface area (Å²) >= 11 is 18.2. The van der Waals surface area contributed by atoms with Crippen molar-refractivity contribution in [2.24, 2.45) is 0 Å². The molecule has 0 saturated heterocycles. The Kier molecular flexibility index (Phi) is 3.74. The molecule has 0 aromatic heterocycles. The first-order valence-electron chi connectivity index (χ1n) is 6.22. The van der Waals surface area contributed by atoms with Crippen molar-refractivity contribution < 1.29 is 9.53 Å². The minimum atomic E-state index is -0.310.